The van der Waals surface area contributed by atoms with Gasteiger partial charge in [-0.05, 0) is 27.2 Å². The molecule has 0 radical (unpaired) electrons. The lowest BCUT2D eigenvalue weighted by Crippen LogP contribution is -2.43. The molecule has 0 aromatic carbocycles. The van der Waals surface area contributed by atoms with Gasteiger partial charge in [-0.25, -0.2) is 14.4 Å². The van der Waals surface area contributed by atoms with Crippen LogP contribution in [0.1, 0.15) is 33.4 Å². The second-order valence-corrected chi connectivity index (χ2v) is 4.99. The van der Waals surface area contributed by atoms with E-state index in [4.69, 9.17) is 0 Å². The van der Waals surface area contributed by atoms with Gasteiger partial charge >= 0.3 is 0 Å². The Kier molecular flexibility index (Phi) is 4.58. The van der Waals surface area contributed by atoms with Gasteiger partial charge in [0.05, 0.1) is 12.2 Å². The van der Waals surface area contributed by atoms with Crippen LogP contribution in [-0.4, -0.2) is 28.0 Å². The number of amides is 1. The van der Waals surface area contributed by atoms with Gasteiger partial charge in [0.2, 0.25) is 5.91 Å². The van der Waals surface area contributed by atoms with Crippen LogP contribution >= 0.6 is 0 Å². The predicted molar refractivity (Wildman–Crippen MR) is 67.8 cm³/mol. The summed E-state index contributed by atoms with van der Waals surface area (Å²) < 4.78 is 13.7. The van der Waals surface area contributed by atoms with Crippen LogP contribution in [0.2, 0.25) is 0 Å². The number of hydrogen-bond donors (Lipinski definition) is 2. The molecule has 0 saturated heterocycles. The highest BCUT2D eigenvalue weighted by atomic mass is 19.1. The normalized spacial score (nSPS) is 11.2. The number of carbonyl (C=O) groups is 1. The standard InChI is InChI=1S/C12H19FN4O/c1-5-8-10(13)11(16-7-15-8)14-6-9(18)17-12(2,3)4/h7H,5-6H2,1-4H3,(H,17,18)(H,14,15,16). The molecule has 2 N–H and O–H groups in total. The lowest BCUT2D eigenvalue weighted by molar-refractivity contribution is -0.120. The highest BCUT2D eigenvalue weighted by molar-refractivity contribution is 5.81. The Morgan fingerprint density at radius 1 is 1.39 bits per heavy atom. The summed E-state index contributed by atoms with van der Waals surface area (Å²) in [5.41, 5.74) is 0.0288. The Bertz CT molecular complexity index is 429. The molecule has 0 spiro atoms. The summed E-state index contributed by atoms with van der Waals surface area (Å²) in [6.07, 6.45) is 1.77. The smallest absolute Gasteiger partial charge is 0.239 e. The van der Waals surface area contributed by atoms with Gasteiger partial charge in [0.15, 0.2) is 11.6 Å². The van der Waals surface area contributed by atoms with E-state index in [-0.39, 0.29) is 23.8 Å². The van der Waals surface area contributed by atoms with Crippen LogP contribution in [0.25, 0.3) is 0 Å². The maximum absolute atomic E-state index is 13.7. The Balaban J connectivity index is 2.61. The van der Waals surface area contributed by atoms with E-state index in [0.717, 1.165) is 0 Å². The van der Waals surface area contributed by atoms with Crippen molar-refractivity contribution in [2.45, 2.75) is 39.7 Å². The Hall–Kier alpha value is -1.72. The van der Waals surface area contributed by atoms with Gasteiger partial charge in [0.25, 0.3) is 0 Å². The summed E-state index contributed by atoms with van der Waals surface area (Å²) in [5.74, 6) is -0.645. The molecule has 0 saturated carbocycles. The van der Waals surface area contributed by atoms with E-state index in [9.17, 15) is 9.18 Å². The van der Waals surface area contributed by atoms with Crippen molar-refractivity contribution in [3.05, 3.63) is 17.8 Å². The molecule has 5 nitrogen and oxygen atoms in total. The van der Waals surface area contributed by atoms with Crippen molar-refractivity contribution in [3.63, 3.8) is 0 Å². The molecule has 0 atom stereocenters. The minimum Gasteiger partial charge on any atom is -0.358 e. The molecule has 0 fully saturated rings. The van der Waals surface area contributed by atoms with Crippen LogP contribution < -0.4 is 10.6 Å². The van der Waals surface area contributed by atoms with Crippen LogP contribution in [0, 0.1) is 5.82 Å². The monoisotopic (exact) mass is 254 g/mol. The molecular formula is C12H19FN4O. The molecule has 18 heavy (non-hydrogen) atoms. The number of carbonyl (C=O) groups excluding carboxylic acids is 1. The molecule has 100 valence electrons. The zero-order chi connectivity index (χ0) is 13.8. The maximum Gasteiger partial charge on any atom is 0.239 e. The molecule has 0 bridgehead atoms. The minimum atomic E-state index is -0.497. The number of rotatable bonds is 4. The largest absolute Gasteiger partial charge is 0.358 e. The summed E-state index contributed by atoms with van der Waals surface area (Å²) in [6, 6.07) is 0. The fraction of sp³-hybridized carbons (Fsp3) is 0.583. The van der Waals surface area contributed by atoms with Gasteiger partial charge in [-0.2, -0.15) is 0 Å². The minimum absolute atomic E-state index is 0.0195. The average molecular weight is 254 g/mol. The summed E-state index contributed by atoms with van der Waals surface area (Å²) in [7, 11) is 0. The third-order valence-corrected chi connectivity index (χ3v) is 2.13. The molecule has 1 amide bonds. The van der Waals surface area contributed by atoms with E-state index in [0.29, 0.717) is 12.1 Å². The molecular weight excluding hydrogens is 235 g/mol. The fourth-order valence-corrected chi connectivity index (χ4v) is 1.40. The van der Waals surface area contributed by atoms with Crippen molar-refractivity contribution in [3.8, 4) is 0 Å². The quantitative estimate of drug-likeness (QED) is 0.854. The second kappa shape index (κ2) is 5.75. The molecule has 1 aromatic heterocycles. The first kappa shape index (κ1) is 14.3. The topological polar surface area (TPSA) is 66.9 Å². The van der Waals surface area contributed by atoms with Gasteiger partial charge in [0, 0.05) is 5.54 Å². The summed E-state index contributed by atoms with van der Waals surface area (Å²) in [6.45, 7) is 7.43. The van der Waals surface area contributed by atoms with Gasteiger partial charge in [-0.15, -0.1) is 0 Å². The van der Waals surface area contributed by atoms with Crippen molar-refractivity contribution >= 4 is 11.7 Å². The third kappa shape index (κ3) is 4.27. The second-order valence-electron chi connectivity index (χ2n) is 4.99. The highest BCUT2D eigenvalue weighted by Gasteiger charge is 2.15. The van der Waals surface area contributed by atoms with Crippen molar-refractivity contribution in [2.24, 2.45) is 0 Å². The van der Waals surface area contributed by atoms with Crippen LogP contribution in [0.3, 0.4) is 0 Å². The molecule has 0 unspecified atom stereocenters. The number of halogens is 1. The molecule has 6 heteroatoms. The molecule has 1 heterocycles. The van der Waals surface area contributed by atoms with Crippen LogP contribution in [0.4, 0.5) is 10.2 Å². The van der Waals surface area contributed by atoms with E-state index in [1.54, 1.807) is 0 Å². The number of aromatic nitrogens is 2. The summed E-state index contributed by atoms with van der Waals surface area (Å²) in [5, 5.41) is 5.44. The zero-order valence-electron chi connectivity index (χ0n) is 11.2. The Morgan fingerprint density at radius 3 is 2.61 bits per heavy atom. The van der Waals surface area contributed by atoms with Gasteiger partial charge in [0.1, 0.15) is 6.33 Å². The molecule has 1 rings (SSSR count). The SMILES string of the molecule is CCc1ncnc(NCC(=O)NC(C)(C)C)c1F. The van der Waals surface area contributed by atoms with Crippen molar-refractivity contribution < 1.29 is 9.18 Å². The van der Waals surface area contributed by atoms with Crippen molar-refractivity contribution in [2.75, 3.05) is 11.9 Å². The maximum atomic E-state index is 13.7. The highest BCUT2D eigenvalue weighted by Crippen LogP contribution is 2.12. The van der Waals surface area contributed by atoms with E-state index in [1.165, 1.54) is 6.33 Å². The Morgan fingerprint density at radius 2 is 2.06 bits per heavy atom. The fourth-order valence-electron chi connectivity index (χ4n) is 1.40. The number of nitrogens with zero attached hydrogens (tertiary/aromatic N) is 2. The van der Waals surface area contributed by atoms with E-state index >= 15 is 0 Å². The third-order valence-electron chi connectivity index (χ3n) is 2.13. The van der Waals surface area contributed by atoms with Crippen LogP contribution in [-0.2, 0) is 11.2 Å². The van der Waals surface area contributed by atoms with Crippen LogP contribution in [0.5, 0.6) is 0 Å². The lowest BCUT2D eigenvalue weighted by atomic mass is 10.1. The Labute approximate surface area is 106 Å². The van der Waals surface area contributed by atoms with Gasteiger partial charge in [-0.3, -0.25) is 4.79 Å². The first-order valence-electron chi connectivity index (χ1n) is 5.87. The molecule has 0 aliphatic carbocycles. The summed E-state index contributed by atoms with van der Waals surface area (Å²) >= 11 is 0. The molecule has 1 aromatic rings. The van der Waals surface area contributed by atoms with Crippen molar-refractivity contribution in [1.29, 1.82) is 0 Å². The van der Waals surface area contributed by atoms with E-state index < -0.39 is 5.82 Å². The number of nitrogens with one attached hydrogen (secondary N) is 2. The first-order chi connectivity index (χ1) is 8.33. The summed E-state index contributed by atoms with van der Waals surface area (Å²) in [4.78, 5) is 19.2. The number of aryl methyl sites for hydroxylation is 1. The van der Waals surface area contributed by atoms with Crippen molar-refractivity contribution in [1.82, 2.24) is 15.3 Å². The molecule has 0 aliphatic heterocycles. The number of hydrogen-bond acceptors (Lipinski definition) is 4. The first-order valence-corrected chi connectivity index (χ1v) is 5.87. The predicted octanol–water partition coefficient (Wildman–Crippen LogP) is 1.50. The van der Waals surface area contributed by atoms with Crippen LogP contribution in [0.15, 0.2) is 6.33 Å². The van der Waals surface area contributed by atoms with Gasteiger partial charge < -0.3 is 10.6 Å². The van der Waals surface area contributed by atoms with Gasteiger partial charge in [-0.1, -0.05) is 6.92 Å². The van der Waals surface area contributed by atoms with E-state index in [2.05, 4.69) is 20.6 Å². The number of anilines is 1. The zero-order valence-corrected chi connectivity index (χ0v) is 11.2. The molecule has 0 aliphatic rings. The van der Waals surface area contributed by atoms with E-state index in [1.807, 2.05) is 27.7 Å². The lowest BCUT2D eigenvalue weighted by Gasteiger charge is -2.20. The average Bonchev–Trinajstić information content (AvgIpc) is 2.25.